The van der Waals surface area contributed by atoms with E-state index in [-0.39, 0.29) is 5.91 Å². The van der Waals surface area contributed by atoms with Crippen LogP contribution in [0.3, 0.4) is 0 Å². The number of hydrogen-bond donors (Lipinski definition) is 1. The summed E-state index contributed by atoms with van der Waals surface area (Å²) in [6.45, 7) is 10.5. The molecule has 0 aliphatic carbocycles. The molecule has 0 saturated carbocycles. The number of aromatic nitrogens is 2. The van der Waals surface area contributed by atoms with E-state index >= 15 is 0 Å². The van der Waals surface area contributed by atoms with Crippen LogP contribution in [0, 0.1) is 19.8 Å². The van der Waals surface area contributed by atoms with E-state index in [1.165, 1.54) is 11.3 Å². The van der Waals surface area contributed by atoms with Crippen molar-refractivity contribution in [1.82, 2.24) is 9.78 Å². The third-order valence-corrected chi connectivity index (χ3v) is 5.45. The molecular formula is C21H25N3O3S. The van der Waals surface area contributed by atoms with E-state index in [4.69, 9.17) is 4.74 Å². The second-order valence-electron chi connectivity index (χ2n) is 7.39. The van der Waals surface area contributed by atoms with Crippen LogP contribution in [0.4, 0.5) is 5.69 Å². The van der Waals surface area contributed by atoms with Gasteiger partial charge in [-0.2, -0.15) is 5.10 Å². The Morgan fingerprint density at radius 1 is 1.18 bits per heavy atom. The van der Waals surface area contributed by atoms with Gasteiger partial charge in [0.05, 0.1) is 5.69 Å². The molecule has 3 aromatic rings. The topological polar surface area (TPSA) is 73.2 Å². The van der Waals surface area contributed by atoms with Gasteiger partial charge in [0.2, 0.25) is 0 Å². The zero-order valence-corrected chi connectivity index (χ0v) is 17.6. The number of carbonyl (C=O) groups excluding carboxylic acids is 2. The van der Waals surface area contributed by atoms with Crippen LogP contribution in [0.15, 0.2) is 30.3 Å². The van der Waals surface area contributed by atoms with Crippen LogP contribution in [-0.2, 0) is 16.1 Å². The molecule has 6 nitrogen and oxygen atoms in total. The number of nitrogens with zero attached hydrogens (tertiary/aromatic N) is 2. The number of esters is 1. The lowest BCUT2D eigenvalue weighted by Gasteiger charge is -2.13. The Kier molecular flexibility index (Phi) is 5.84. The average Bonchev–Trinajstić information content (AvgIpc) is 3.18. The fraction of sp³-hybridized carbons (Fsp3) is 0.381. The Hall–Kier alpha value is -2.67. The van der Waals surface area contributed by atoms with Crippen LogP contribution >= 0.6 is 11.3 Å². The summed E-state index contributed by atoms with van der Waals surface area (Å²) in [7, 11) is 0. The van der Waals surface area contributed by atoms with Crippen LogP contribution in [0.2, 0.25) is 0 Å². The SMILES string of the molecule is Cc1ccc(NC(=O)C(C)OC(=O)c2cc3c(C)nn(CC(C)C)c3s2)cc1. The number of hydrogen-bond acceptors (Lipinski definition) is 5. The number of thiophene rings is 1. The standard InChI is InChI=1S/C21H25N3O3S/c1-12(2)11-24-20-17(14(4)23-24)10-18(28-20)21(26)27-15(5)19(25)22-16-8-6-13(3)7-9-16/h6-10,12,15H,11H2,1-5H3,(H,22,25). The first kappa shape index (κ1) is 20.1. The highest BCUT2D eigenvalue weighted by molar-refractivity contribution is 7.20. The quantitative estimate of drug-likeness (QED) is 0.617. The van der Waals surface area contributed by atoms with Crippen LogP contribution in [0.1, 0.15) is 41.7 Å². The van der Waals surface area contributed by atoms with Crippen molar-refractivity contribution in [3.63, 3.8) is 0 Å². The van der Waals surface area contributed by atoms with Crippen molar-refractivity contribution in [2.45, 2.75) is 47.3 Å². The maximum atomic E-state index is 12.5. The number of ether oxygens (including phenoxy) is 1. The molecule has 0 radical (unpaired) electrons. The summed E-state index contributed by atoms with van der Waals surface area (Å²) in [5, 5.41) is 8.26. The van der Waals surface area contributed by atoms with Crippen molar-refractivity contribution in [3.05, 3.63) is 46.5 Å². The molecule has 1 amide bonds. The first-order chi connectivity index (χ1) is 13.2. The lowest BCUT2D eigenvalue weighted by atomic mass is 10.2. The Morgan fingerprint density at radius 2 is 1.86 bits per heavy atom. The van der Waals surface area contributed by atoms with E-state index in [0.717, 1.165) is 28.0 Å². The van der Waals surface area contributed by atoms with Gasteiger partial charge in [-0.05, 0) is 44.9 Å². The minimum absolute atomic E-state index is 0.361. The predicted octanol–water partition coefficient (Wildman–Crippen LogP) is 4.55. The number of carbonyl (C=O) groups is 2. The third-order valence-electron chi connectivity index (χ3n) is 4.32. The molecule has 0 aliphatic rings. The highest BCUT2D eigenvalue weighted by atomic mass is 32.1. The summed E-state index contributed by atoms with van der Waals surface area (Å²) in [6, 6.07) is 9.25. The summed E-state index contributed by atoms with van der Waals surface area (Å²) in [6.07, 6.45) is -0.896. The van der Waals surface area contributed by atoms with Gasteiger partial charge in [-0.25, -0.2) is 4.79 Å². The molecule has 1 atom stereocenters. The summed E-state index contributed by atoms with van der Waals surface area (Å²) < 4.78 is 7.32. The number of fused-ring (bicyclic) bond motifs is 1. The molecule has 2 heterocycles. The second-order valence-corrected chi connectivity index (χ2v) is 8.42. The summed E-state index contributed by atoms with van der Waals surface area (Å²) in [5.41, 5.74) is 2.66. The van der Waals surface area contributed by atoms with E-state index < -0.39 is 12.1 Å². The van der Waals surface area contributed by atoms with Gasteiger partial charge in [0.1, 0.15) is 9.71 Å². The lowest BCUT2D eigenvalue weighted by Crippen LogP contribution is -2.29. The molecular weight excluding hydrogens is 374 g/mol. The van der Waals surface area contributed by atoms with E-state index in [9.17, 15) is 9.59 Å². The molecule has 28 heavy (non-hydrogen) atoms. The number of rotatable bonds is 6. The van der Waals surface area contributed by atoms with E-state index in [1.807, 2.05) is 42.8 Å². The number of nitrogens with one attached hydrogen (secondary N) is 1. The largest absolute Gasteiger partial charge is 0.448 e. The molecule has 1 N–H and O–H groups in total. The maximum absolute atomic E-state index is 12.5. The molecule has 0 aliphatic heterocycles. The van der Waals surface area contributed by atoms with Crippen molar-refractivity contribution in [2.75, 3.05) is 5.32 Å². The molecule has 1 unspecified atom stereocenters. The van der Waals surface area contributed by atoms with Crippen LogP contribution in [-0.4, -0.2) is 27.8 Å². The van der Waals surface area contributed by atoms with Gasteiger partial charge in [-0.15, -0.1) is 11.3 Å². The zero-order valence-electron chi connectivity index (χ0n) is 16.8. The van der Waals surface area contributed by atoms with Gasteiger partial charge in [0.25, 0.3) is 5.91 Å². The summed E-state index contributed by atoms with van der Waals surface area (Å²) >= 11 is 1.35. The Bertz CT molecular complexity index is 1000. The highest BCUT2D eigenvalue weighted by Gasteiger charge is 2.22. The van der Waals surface area contributed by atoms with Gasteiger partial charge in [-0.1, -0.05) is 31.5 Å². The van der Waals surface area contributed by atoms with Crippen molar-refractivity contribution in [3.8, 4) is 0 Å². The summed E-state index contributed by atoms with van der Waals surface area (Å²) in [4.78, 5) is 26.3. The number of amides is 1. The van der Waals surface area contributed by atoms with E-state index in [0.29, 0.717) is 16.5 Å². The van der Waals surface area contributed by atoms with Gasteiger partial charge in [0.15, 0.2) is 6.10 Å². The smallest absolute Gasteiger partial charge is 0.349 e. The predicted molar refractivity (Wildman–Crippen MR) is 112 cm³/mol. The fourth-order valence-corrected chi connectivity index (χ4v) is 3.89. The maximum Gasteiger partial charge on any atom is 0.349 e. The average molecular weight is 400 g/mol. The highest BCUT2D eigenvalue weighted by Crippen LogP contribution is 2.29. The number of aryl methyl sites for hydroxylation is 2. The van der Waals surface area contributed by atoms with E-state index in [2.05, 4.69) is 24.3 Å². The Balaban J connectivity index is 1.69. The minimum Gasteiger partial charge on any atom is -0.448 e. The van der Waals surface area contributed by atoms with Gasteiger partial charge >= 0.3 is 5.97 Å². The molecule has 2 aromatic heterocycles. The van der Waals surface area contributed by atoms with Gasteiger partial charge < -0.3 is 10.1 Å². The molecule has 0 spiro atoms. The molecule has 3 rings (SSSR count). The number of benzene rings is 1. The minimum atomic E-state index is -0.896. The van der Waals surface area contributed by atoms with Gasteiger partial charge in [0, 0.05) is 17.6 Å². The van der Waals surface area contributed by atoms with Crippen molar-refractivity contribution < 1.29 is 14.3 Å². The first-order valence-corrected chi connectivity index (χ1v) is 10.1. The zero-order chi connectivity index (χ0) is 20.4. The molecule has 0 saturated heterocycles. The van der Waals surface area contributed by atoms with Crippen molar-refractivity contribution >= 4 is 39.1 Å². The van der Waals surface area contributed by atoms with E-state index in [1.54, 1.807) is 13.0 Å². The summed E-state index contributed by atoms with van der Waals surface area (Å²) in [5.74, 6) is -0.408. The van der Waals surface area contributed by atoms with Crippen LogP contribution in [0.25, 0.3) is 10.2 Å². The van der Waals surface area contributed by atoms with Crippen LogP contribution < -0.4 is 5.32 Å². The number of anilines is 1. The Labute approximate surface area is 168 Å². The van der Waals surface area contributed by atoms with Crippen LogP contribution in [0.5, 0.6) is 0 Å². The van der Waals surface area contributed by atoms with Crippen molar-refractivity contribution in [1.29, 1.82) is 0 Å². The first-order valence-electron chi connectivity index (χ1n) is 9.30. The molecule has 148 valence electrons. The molecule has 7 heteroatoms. The molecule has 0 bridgehead atoms. The third kappa shape index (κ3) is 4.42. The van der Waals surface area contributed by atoms with Crippen molar-refractivity contribution in [2.24, 2.45) is 5.92 Å². The lowest BCUT2D eigenvalue weighted by molar-refractivity contribution is -0.123. The fourth-order valence-electron chi connectivity index (χ4n) is 2.84. The van der Waals surface area contributed by atoms with Gasteiger partial charge in [-0.3, -0.25) is 9.48 Å². The molecule has 1 aromatic carbocycles. The monoisotopic (exact) mass is 399 g/mol. The normalized spacial score (nSPS) is 12.4. The Morgan fingerprint density at radius 3 is 2.50 bits per heavy atom. The molecule has 0 fully saturated rings. The second kappa shape index (κ2) is 8.14.